The number of aliphatic hydroxyl groups is 1. The monoisotopic (exact) mass is 468 g/mol. The average molecular weight is 468 g/mol. The topological polar surface area (TPSA) is 98.0 Å². The van der Waals surface area contributed by atoms with Gasteiger partial charge in [0.25, 0.3) is 0 Å². The molecule has 1 aliphatic rings. The largest absolute Gasteiger partial charge is 0.433 e. The summed E-state index contributed by atoms with van der Waals surface area (Å²) in [6.07, 6.45) is -2.00. The molecule has 0 aliphatic carbocycles. The van der Waals surface area contributed by atoms with Gasteiger partial charge in [-0.15, -0.1) is 0 Å². The minimum absolute atomic E-state index is 0.256. The van der Waals surface area contributed by atoms with Crippen LogP contribution in [0.2, 0.25) is 0 Å². The highest BCUT2D eigenvalue weighted by atomic mass is 19.4. The van der Waals surface area contributed by atoms with Gasteiger partial charge < -0.3 is 15.3 Å². The summed E-state index contributed by atoms with van der Waals surface area (Å²) >= 11 is 0. The molecule has 1 atom stereocenters. The Bertz CT molecular complexity index is 1210. The zero-order valence-electron chi connectivity index (χ0n) is 18.5. The summed E-state index contributed by atoms with van der Waals surface area (Å²) in [4.78, 5) is 14.3. The summed E-state index contributed by atoms with van der Waals surface area (Å²) in [6, 6.07) is 10.1. The predicted octanol–water partition coefficient (Wildman–Crippen LogP) is 4.17. The lowest BCUT2D eigenvalue weighted by molar-refractivity contribution is -0.141. The van der Waals surface area contributed by atoms with E-state index in [0.717, 1.165) is 41.3 Å². The first kappa shape index (κ1) is 23.4. The molecule has 0 amide bonds. The van der Waals surface area contributed by atoms with Crippen molar-refractivity contribution in [1.29, 1.82) is 5.26 Å². The van der Waals surface area contributed by atoms with Crippen molar-refractivity contribution in [3.63, 3.8) is 0 Å². The van der Waals surface area contributed by atoms with Crippen molar-refractivity contribution in [2.75, 3.05) is 23.3 Å². The number of aryl methyl sites for hydroxylation is 1. The van der Waals surface area contributed by atoms with Crippen LogP contribution in [0.4, 0.5) is 24.7 Å². The number of hydrogen-bond donors (Lipinski definition) is 2. The zero-order chi connectivity index (χ0) is 24.3. The fraction of sp³-hybridized carbons (Fsp3) is 0.333. The van der Waals surface area contributed by atoms with E-state index in [9.17, 15) is 23.5 Å². The van der Waals surface area contributed by atoms with Crippen LogP contribution in [0.3, 0.4) is 0 Å². The number of benzene rings is 1. The Morgan fingerprint density at radius 1 is 1.21 bits per heavy atom. The molecule has 0 fully saturated rings. The fourth-order valence-corrected chi connectivity index (χ4v) is 3.98. The van der Waals surface area contributed by atoms with Gasteiger partial charge in [-0.1, -0.05) is 12.1 Å². The van der Waals surface area contributed by atoms with Gasteiger partial charge in [0.15, 0.2) is 0 Å². The summed E-state index contributed by atoms with van der Waals surface area (Å²) in [7, 11) is 0. The van der Waals surface area contributed by atoms with E-state index in [2.05, 4.69) is 31.2 Å². The second-order valence-corrected chi connectivity index (χ2v) is 8.16. The van der Waals surface area contributed by atoms with Crippen LogP contribution in [-0.2, 0) is 19.1 Å². The molecule has 1 aromatic carbocycles. The van der Waals surface area contributed by atoms with Crippen LogP contribution in [-0.4, -0.2) is 33.1 Å². The van der Waals surface area contributed by atoms with E-state index in [-0.39, 0.29) is 6.42 Å². The Kier molecular flexibility index (Phi) is 6.65. The van der Waals surface area contributed by atoms with Gasteiger partial charge in [0.1, 0.15) is 23.9 Å². The Morgan fingerprint density at radius 2 is 2.03 bits per heavy atom. The number of pyridine rings is 1. The first-order valence-electron chi connectivity index (χ1n) is 10.8. The highest BCUT2D eigenvalue weighted by Crippen LogP contribution is 2.30. The highest BCUT2D eigenvalue weighted by Gasteiger charge is 2.32. The van der Waals surface area contributed by atoms with E-state index in [4.69, 9.17) is 0 Å². The maximum atomic E-state index is 12.7. The van der Waals surface area contributed by atoms with E-state index in [1.807, 2.05) is 25.1 Å². The summed E-state index contributed by atoms with van der Waals surface area (Å²) in [5, 5.41) is 23.1. The number of halogens is 3. The maximum absolute atomic E-state index is 12.7. The van der Waals surface area contributed by atoms with Crippen LogP contribution in [0, 0.1) is 18.3 Å². The Labute approximate surface area is 194 Å². The molecular formula is C24H23F3N6O. The molecule has 0 unspecified atom stereocenters. The molecule has 0 spiro atoms. The van der Waals surface area contributed by atoms with Crippen molar-refractivity contribution in [3.8, 4) is 6.07 Å². The second-order valence-electron chi connectivity index (χ2n) is 8.16. The lowest BCUT2D eigenvalue weighted by atomic mass is 10.0. The molecule has 3 heterocycles. The third-order valence-electron chi connectivity index (χ3n) is 5.79. The number of nitrogens with zero attached hydrogens (tertiary/aromatic N) is 5. The number of rotatable bonds is 6. The van der Waals surface area contributed by atoms with Gasteiger partial charge >= 0.3 is 6.18 Å². The Morgan fingerprint density at radius 3 is 2.74 bits per heavy atom. The second kappa shape index (κ2) is 9.65. The van der Waals surface area contributed by atoms with Gasteiger partial charge in [0.2, 0.25) is 0 Å². The van der Waals surface area contributed by atoms with Crippen molar-refractivity contribution in [2.24, 2.45) is 0 Å². The lowest BCUT2D eigenvalue weighted by Gasteiger charge is -2.31. The standard InChI is InChI=1S/C24H23F3N6O/c1-15-2-4-20(17(10-15)11-28)33-9-7-19-18(13-33)23(32-14-31-19)29-8-6-21(34)16-3-5-22(30-12-16)24(25,26)27/h2-5,10,12,14,21,34H,6-9,13H2,1H3,(H,29,31,32)/t21-/m0/s1. The van der Waals surface area contributed by atoms with E-state index in [0.29, 0.717) is 36.5 Å². The number of nitrogens with one attached hydrogen (secondary N) is 1. The SMILES string of the molecule is Cc1ccc(N2CCc3ncnc(NCC[C@H](O)c4ccc(C(F)(F)F)nc4)c3C2)c(C#N)c1. The van der Waals surface area contributed by atoms with Crippen LogP contribution in [0.5, 0.6) is 0 Å². The van der Waals surface area contributed by atoms with Crippen LogP contribution in [0.1, 0.15) is 46.2 Å². The molecule has 3 aromatic rings. The normalized spacial score (nSPS) is 14.3. The number of nitriles is 1. The minimum atomic E-state index is -4.52. The molecule has 176 valence electrons. The predicted molar refractivity (Wildman–Crippen MR) is 120 cm³/mol. The summed E-state index contributed by atoms with van der Waals surface area (Å²) in [5.41, 5.74) is 3.66. The Hall–Kier alpha value is -3.71. The molecule has 2 aromatic heterocycles. The van der Waals surface area contributed by atoms with E-state index < -0.39 is 18.0 Å². The summed E-state index contributed by atoms with van der Waals surface area (Å²) < 4.78 is 38.0. The van der Waals surface area contributed by atoms with Crippen molar-refractivity contribution in [1.82, 2.24) is 15.0 Å². The van der Waals surface area contributed by atoms with Crippen LogP contribution >= 0.6 is 0 Å². The van der Waals surface area contributed by atoms with Crippen LogP contribution in [0.25, 0.3) is 0 Å². The number of fused-ring (bicyclic) bond motifs is 1. The van der Waals surface area contributed by atoms with Crippen molar-refractivity contribution in [3.05, 3.63) is 76.5 Å². The van der Waals surface area contributed by atoms with Crippen LogP contribution in [0.15, 0.2) is 42.9 Å². The smallest absolute Gasteiger partial charge is 0.388 e. The van der Waals surface area contributed by atoms with Crippen molar-refractivity contribution in [2.45, 2.75) is 38.6 Å². The molecule has 34 heavy (non-hydrogen) atoms. The number of aliphatic hydroxyl groups excluding tert-OH is 1. The van der Waals surface area contributed by atoms with Gasteiger partial charge in [-0.3, -0.25) is 4.98 Å². The van der Waals surface area contributed by atoms with E-state index in [1.54, 1.807) is 0 Å². The van der Waals surface area contributed by atoms with Gasteiger partial charge in [-0.25, -0.2) is 9.97 Å². The molecule has 1 aliphatic heterocycles. The zero-order valence-corrected chi connectivity index (χ0v) is 18.5. The summed E-state index contributed by atoms with van der Waals surface area (Å²) in [6.45, 7) is 3.54. The minimum Gasteiger partial charge on any atom is -0.388 e. The third-order valence-corrected chi connectivity index (χ3v) is 5.79. The van der Waals surface area contributed by atoms with Gasteiger partial charge in [-0.2, -0.15) is 18.4 Å². The number of hydrogen-bond acceptors (Lipinski definition) is 7. The average Bonchev–Trinajstić information content (AvgIpc) is 2.83. The lowest BCUT2D eigenvalue weighted by Crippen LogP contribution is -2.32. The maximum Gasteiger partial charge on any atom is 0.433 e. The molecule has 0 radical (unpaired) electrons. The molecule has 0 bridgehead atoms. The van der Waals surface area contributed by atoms with Crippen LogP contribution < -0.4 is 10.2 Å². The Balaban J connectivity index is 1.43. The number of anilines is 2. The summed E-state index contributed by atoms with van der Waals surface area (Å²) in [5.74, 6) is 0.637. The molecule has 2 N–H and O–H groups in total. The molecule has 10 heteroatoms. The molecule has 4 rings (SSSR count). The van der Waals surface area contributed by atoms with Gasteiger partial charge in [-0.05, 0) is 42.7 Å². The van der Waals surface area contributed by atoms with E-state index in [1.165, 1.54) is 12.4 Å². The highest BCUT2D eigenvalue weighted by molar-refractivity contribution is 5.62. The first-order valence-corrected chi connectivity index (χ1v) is 10.8. The quantitative estimate of drug-likeness (QED) is 0.560. The van der Waals surface area contributed by atoms with Gasteiger partial charge in [0, 0.05) is 37.8 Å². The molecule has 0 saturated carbocycles. The molecule has 0 saturated heterocycles. The molecule has 7 nitrogen and oxygen atoms in total. The first-order chi connectivity index (χ1) is 16.3. The van der Waals surface area contributed by atoms with E-state index >= 15 is 0 Å². The van der Waals surface area contributed by atoms with Crippen molar-refractivity contribution >= 4 is 11.5 Å². The number of aromatic nitrogens is 3. The van der Waals surface area contributed by atoms with Gasteiger partial charge in [0.05, 0.1) is 23.0 Å². The third kappa shape index (κ3) is 5.10. The molecular weight excluding hydrogens is 445 g/mol. The fourth-order valence-electron chi connectivity index (χ4n) is 3.98. The van der Waals surface area contributed by atoms with Crippen molar-refractivity contribution < 1.29 is 18.3 Å². The number of alkyl halides is 3.